The second-order valence-electron chi connectivity index (χ2n) is 3.63. The van der Waals surface area contributed by atoms with E-state index in [1.165, 1.54) is 12.1 Å². The van der Waals surface area contributed by atoms with E-state index >= 15 is 0 Å². The Balaban J connectivity index is 2.21. The van der Waals surface area contributed by atoms with E-state index < -0.39 is 4.92 Å². The molecule has 0 aromatic heterocycles. The minimum absolute atomic E-state index is 0.0949. The minimum atomic E-state index is -0.401. The molecular formula is C10H12N2O3. The van der Waals surface area contributed by atoms with Gasteiger partial charge in [0.25, 0.3) is 5.69 Å². The summed E-state index contributed by atoms with van der Waals surface area (Å²) in [5.41, 5.74) is 0.894. The van der Waals surface area contributed by atoms with E-state index in [1.807, 2.05) is 13.0 Å². The van der Waals surface area contributed by atoms with E-state index in [9.17, 15) is 10.1 Å². The second kappa shape index (κ2) is 3.96. The summed E-state index contributed by atoms with van der Waals surface area (Å²) in [6, 6.07) is 6.79. The number of nitrogens with one attached hydrogen (secondary N) is 1. The first-order chi connectivity index (χ1) is 7.16. The van der Waals surface area contributed by atoms with Gasteiger partial charge < -0.3 is 4.74 Å². The number of benzene rings is 1. The smallest absolute Gasteiger partial charge is 0.269 e. The number of nitro groups is 1. The van der Waals surface area contributed by atoms with Gasteiger partial charge in [0.2, 0.25) is 0 Å². The zero-order chi connectivity index (χ0) is 10.8. The molecule has 80 valence electrons. The van der Waals surface area contributed by atoms with Crippen LogP contribution in [0.25, 0.3) is 0 Å². The number of nitro benzene ring substituents is 1. The molecule has 0 unspecified atom stereocenters. The fourth-order valence-electron chi connectivity index (χ4n) is 1.59. The SMILES string of the molecule is C[C@@H]1CO[C@H](c2cccc([N+](=O)[O-])c2)N1. The van der Waals surface area contributed by atoms with Crippen molar-refractivity contribution in [2.45, 2.75) is 19.2 Å². The Morgan fingerprint density at radius 1 is 1.60 bits per heavy atom. The number of hydrogen-bond acceptors (Lipinski definition) is 4. The number of hydrogen-bond donors (Lipinski definition) is 1. The van der Waals surface area contributed by atoms with Crippen molar-refractivity contribution >= 4 is 5.69 Å². The molecule has 5 nitrogen and oxygen atoms in total. The quantitative estimate of drug-likeness (QED) is 0.592. The molecule has 1 heterocycles. The van der Waals surface area contributed by atoms with Crippen LogP contribution in [0.2, 0.25) is 0 Å². The van der Waals surface area contributed by atoms with Crippen molar-refractivity contribution in [2.75, 3.05) is 6.61 Å². The highest BCUT2D eigenvalue weighted by Crippen LogP contribution is 2.23. The van der Waals surface area contributed by atoms with Crippen LogP contribution in [0.15, 0.2) is 24.3 Å². The van der Waals surface area contributed by atoms with Crippen LogP contribution in [0, 0.1) is 10.1 Å². The van der Waals surface area contributed by atoms with E-state index in [1.54, 1.807) is 6.07 Å². The Morgan fingerprint density at radius 2 is 2.40 bits per heavy atom. The Labute approximate surface area is 87.2 Å². The molecule has 1 N–H and O–H groups in total. The van der Waals surface area contributed by atoms with E-state index in [4.69, 9.17) is 4.74 Å². The van der Waals surface area contributed by atoms with Gasteiger partial charge >= 0.3 is 0 Å². The van der Waals surface area contributed by atoms with E-state index in [-0.39, 0.29) is 18.0 Å². The van der Waals surface area contributed by atoms with Crippen molar-refractivity contribution in [3.8, 4) is 0 Å². The van der Waals surface area contributed by atoms with Gasteiger partial charge in [-0.3, -0.25) is 15.4 Å². The van der Waals surface area contributed by atoms with Crippen molar-refractivity contribution in [3.05, 3.63) is 39.9 Å². The molecule has 0 spiro atoms. The molecule has 15 heavy (non-hydrogen) atoms. The fourth-order valence-corrected chi connectivity index (χ4v) is 1.59. The van der Waals surface area contributed by atoms with Gasteiger partial charge in [-0.25, -0.2) is 0 Å². The molecule has 5 heteroatoms. The summed E-state index contributed by atoms with van der Waals surface area (Å²) >= 11 is 0. The number of nitrogens with zero attached hydrogens (tertiary/aromatic N) is 1. The van der Waals surface area contributed by atoms with Crippen LogP contribution in [-0.4, -0.2) is 17.6 Å². The summed E-state index contributed by atoms with van der Waals surface area (Å²) < 4.78 is 5.45. The maximum absolute atomic E-state index is 10.6. The Kier molecular flexibility index (Phi) is 2.66. The Morgan fingerprint density at radius 3 is 3.00 bits per heavy atom. The van der Waals surface area contributed by atoms with Crippen molar-refractivity contribution in [3.63, 3.8) is 0 Å². The van der Waals surface area contributed by atoms with Crippen molar-refractivity contribution in [1.82, 2.24) is 5.32 Å². The van der Waals surface area contributed by atoms with Gasteiger partial charge in [-0.15, -0.1) is 0 Å². The summed E-state index contributed by atoms with van der Waals surface area (Å²) in [6.45, 7) is 2.64. The molecule has 2 rings (SSSR count). The monoisotopic (exact) mass is 208 g/mol. The molecule has 1 saturated heterocycles. The zero-order valence-electron chi connectivity index (χ0n) is 8.34. The number of non-ortho nitro benzene ring substituents is 1. The molecule has 1 fully saturated rings. The summed E-state index contributed by atoms with van der Waals surface area (Å²) in [6.07, 6.45) is -0.222. The lowest BCUT2D eigenvalue weighted by Gasteiger charge is -2.10. The standard InChI is InChI=1S/C10H12N2O3/c1-7-6-15-10(11-7)8-3-2-4-9(5-8)12(13)14/h2-5,7,10-11H,6H2,1H3/t7-,10-/m1/s1. The van der Waals surface area contributed by atoms with Gasteiger partial charge in [0.05, 0.1) is 11.5 Å². The minimum Gasteiger partial charge on any atom is -0.357 e. The lowest BCUT2D eigenvalue weighted by atomic mass is 10.2. The highest BCUT2D eigenvalue weighted by molar-refractivity contribution is 5.35. The van der Waals surface area contributed by atoms with Crippen LogP contribution in [0.3, 0.4) is 0 Å². The fraction of sp³-hybridized carbons (Fsp3) is 0.400. The third-order valence-corrected chi connectivity index (χ3v) is 2.33. The molecule has 2 atom stereocenters. The Hall–Kier alpha value is -1.46. The molecule has 1 aromatic rings. The highest BCUT2D eigenvalue weighted by Gasteiger charge is 2.23. The average molecular weight is 208 g/mol. The average Bonchev–Trinajstić information content (AvgIpc) is 2.65. The predicted octanol–water partition coefficient (Wildman–Crippen LogP) is 1.60. The summed E-state index contributed by atoms with van der Waals surface area (Å²) in [4.78, 5) is 10.2. The highest BCUT2D eigenvalue weighted by atomic mass is 16.6. The molecule has 1 aliphatic rings. The zero-order valence-corrected chi connectivity index (χ0v) is 8.34. The van der Waals surface area contributed by atoms with Gasteiger partial charge in [-0.1, -0.05) is 12.1 Å². The van der Waals surface area contributed by atoms with Crippen molar-refractivity contribution in [2.24, 2.45) is 0 Å². The molecule has 0 bridgehead atoms. The van der Waals surface area contributed by atoms with Crippen molar-refractivity contribution < 1.29 is 9.66 Å². The van der Waals surface area contributed by atoms with E-state index in [0.29, 0.717) is 6.61 Å². The molecule has 0 amide bonds. The van der Waals surface area contributed by atoms with Crippen LogP contribution in [0.5, 0.6) is 0 Å². The lowest BCUT2D eigenvalue weighted by molar-refractivity contribution is -0.385. The molecule has 0 aliphatic carbocycles. The summed E-state index contributed by atoms with van der Waals surface area (Å²) in [7, 11) is 0. The second-order valence-corrected chi connectivity index (χ2v) is 3.63. The summed E-state index contributed by atoms with van der Waals surface area (Å²) in [5, 5.41) is 13.8. The number of rotatable bonds is 2. The van der Waals surface area contributed by atoms with Crippen LogP contribution in [0.1, 0.15) is 18.7 Å². The van der Waals surface area contributed by atoms with Gasteiger partial charge in [0.15, 0.2) is 0 Å². The van der Waals surface area contributed by atoms with E-state index in [0.717, 1.165) is 5.56 Å². The first-order valence-corrected chi connectivity index (χ1v) is 4.79. The third-order valence-electron chi connectivity index (χ3n) is 2.33. The first kappa shape index (κ1) is 10.1. The molecular weight excluding hydrogens is 196 g/mol. The maximum atomic E-state index is 10.6. The normalized spacial score (nSPS) is 25.4. The van der Waals surface area contributed by atoms with E-state index in [2.05, 4.69) is 5.32 Å². The third kappa shape index (κ3) is 2.14. The van der Waals surface area contributed by atoms with Gasteiger partial charge in [-0.05, 0) is 6.92 Å². The topological polar surface area (TPSA) is 64.4 Å². The molecule has 1 aromatic carbocycles. The summed E-state index contributed by atoms with van der Waals surface area (Å²) in [5.74, 6) is 0. The Bertz CT molecular complexity index is 381. The number of ether oxygens (including phenoxy) is 1. The molecule has 1 aliphatic heterocycles. The maximum Gasteiger partial charge on any atom is 0.269 e. The largest absolute Gasteiger partial charge is 0.357 e. The van der Waals surface area contributed by atoms with Gasteiger partial charge in [-0.2, -0.15) is 0 Å². The lowest BCUT2D eigenvalue weighted by Crippen LogP contribution is -2.22. The molecule has 0 radical (unpaired) electrons. The van der Waals surface area contributed by atoms with Crippen LogP contribution in [0.4, 0.5) is 5.69 Å². The first-order valence-electron chi connectivity index (χ1n) is 4.79. The van der Waals surface area contributed by atoms with Crippen LogP contribution >= 0.6 is 0 Å². The van der Waals surface area contributed by atoms with Gasteiger partial charge in [0, 0.05) is 23.7 Å². The van der Waals surface area contributed by atoms with Crippen molar-refractivity contribution in [1.29, 1.82) is 0 Å². The van der Waals surface area contributed by atoms with Crippen LogP contribution < -0.4 is 5.32 Å². The predicted molar refractivity (Wildman–Crippen MR) is 54.4 cm³/mol. The molecule has 0 saturated carbocycles. The van der Waals surface area contributed by atoms with Crippen LogP contribution in [-0.2, 0) is 4.74 Å². The van der Waals surface area contributed by atoms with Gasteiger partial charge in [0.1, 0.15) is 6.23 Å².